The smallest absolute Gasteiger partial charge is 0.227 e. The lowest BCUT2D eigenvalue weighted by Gasteiger charge is -2.30. The molecular weight excluding hydrogens is 440 g/mol. The first-order valence-electron chi connectivity index (χ1n) is 11.9. The van der Waals surface area contributed by atoms with Gasteiger partial charge in [-0.1, -0.05) is 78.9 Å². The molecule has 0 aromatic heterocycles. The summed E-state index contributed by atoms with van der Waals surface area (Å²) in [4.78, 5) is 15.8. The first-order chi connectivity index (χ1) is 17.0. The van der Waals surface area contributed by atoms with Crippen molar-refractivity contribution in [1.29, 1.82) is 0 Å². The van der Waals surface area contributed by atoms with Crippen LogP contribution >= 0.6 is 0 Å². The van der Waals surface area contributed by atoms with Gasteiger partial charge in [-0.2, -0.15) is 0 Å². The first-order valence-corrected chi connectivity index (χ1v) is 11.9. The molecule has 1 aliphatic rings. The van der Waals surface area contributed by atoms with E-state index in [4.69, 9.17) is 0 Å². The third-order valence-electron chi connectivity index (χ3n) is 6.95. The molecule has 35 heavy (non-hydrogen) atoms. The normalized spacial score (nSPS) is 13.0. The Kier molecular flexibility index (Phi) is 6.45. The molecule has 0 atom stereocenters. The fourth-order valence-corrected chi connectivity index (χ4v) is 5.09. The number of rotatable bonds is 6. The minimum absolute atomic E-state index is 0.0148. The average Bonchev–Trinajstić information content (AvgIpc) is 3.30. The summed E-state index contributed by atoms with van der Waals surface area (Å²) in [5.74, 6) is -1.79. The zero-order valence-electron chi connectivity index (χ0n) is 19.7. The van der Waals surface area contributed by atoms with Gasteiger partial charge in [0.25, 0.3) is 0 Å². The molecule has 0 saturated carbocycles. The van der Waals surface area contributed by atoms with Crippen molar-refractivity contribution in [2.75, 3.05) is 0 Å². The number of halogens is 2. The second-order valence-corrected chi connectivity index (χ2v) is 9.24. The number of hydrogen-bond acceptors (Lipinski definition) is 1. The number of nitrogens with zero attached hydrogens (tertiary/aromatic N) is 1. The molecule has 0 N–H and O–H groups in total. The third-order valence-corrected chi connectivity index (χ3v) is 6.95. The van der Waals surface area contributed by atoms with Crippen LogP contribution in [0.15, 0.2) is 91.0 Å². The number of hydrogen-bond donors (Lipinski definition) is 0. The largest absolute Gasteiger partial charge is 0.334 e. The van der Waals surface area contributed by atoms with E-state index in [0.717, 1.165) is 41.2 Å². The molecular formula is C31H27F2NO. The molecule has 4 aromatic carbocycles. The van der Waals surface area contributed by atoms with Crippen molar-refractivity contribution < 1.29 is 13.6 Å². The Morgan fingerprint density at radius 2 is 1.51 bits per heavy atom. The summed E-state index contributed by atoms with van der Waals surface area (Å²) in [6.45, 7) is 2.27. The van der Waals surface area contributed by atoms with Crippen LogP contribution in [0, 0.1) is 18.6 Å². The molecule has 0 heterocycles. The number of amides is 1. The monoisotopic (exact) mass is 467 g/mol. The molecule has 0 bridgehead atoms. The van der Waals surface area contributed by atoms with Crippen LogP contribution in [0.2, 0.25) is 0 Å². The molecule has 0 saturated heterocycles. The lowest BCUT2D eigenvalue weighted by atomic mass is 9.93. The van der Waals surface area contributed by atoms with Gasteiger partial charge in [0, 0.05) is 12.6 Å². The van der Waals surface area contributed by atoms with Gasteiger partial charge < -0.3 is 4.90 Å². The Morgan fingerprint density at radius 3 is 2.20 bits per heavy atom. The molecule has 4 aromatic rings. The predicted octanol–water partition coefficient (Wildman–Crippen LogP) is 6.68. The van der Waals surface area contributed by atoms with Crippen LogP contribution in [0.1, 0.15) is 27.8 Å². The Morgan fingerprint density at radius 1 is 0.829 bits per heavy atom. The van der Waals surface area contributed by atoms with E-state index < -0.39 is 11.6 Å². The van der Waals surface area contributed by atoms with Gasteiger partial charge >= 0.3 is 0 Å². The van der Waals surface area contributed by atoms with E-state index in [1.165, 1.54) is 17.2 Å². The van der Waals surface area contributed by atoms with Gasteiger partial charge in [0.05, 0.1) is 6.42 Å². The van der Waals surface area contributed by atoms with Crippen molar-refractivity contribution in [3.8, 4) is 11.1 Å². The molecule has 4 heteroatoms. The van der Waals surface area contributed by atoms with Gasteiger partial charge in [-0.15, -0.1) is 0 Å². The van der Waals surface area contributed by atoms with Crippen LogP contribution < -0.4 is 0 Å². The fourth-order valence-electron chi connectivity index (χ4n) is 5.09. The minimum Gasteiger partial charge on any atom is -0.334 e. The van der Waals surface area contributed by atoms with Crippen molar-refractivity contribution in [3.05, 3.63) is 130 Å². The van der Waals surface area contributed by atoms with Crippen molar-refractivity contribution >= 4 is 5.91 Å². The van der Waals surface area contributed by atoms with E-state index in [9.17, 15) is 13.6 Å². The van der Waals surface area contributed by atoms with Gasteiger partial charge in [-0.25, -0.2) is 8.78 Å². The van der Waals surface area contributed by atoms with E-state index in [-0.39, 0.29) is 24.9 Å². The number of aryl methyl sites for hydroxylation is 1. The second-order valence-electron chi connectivity index (χ2n) is 9.24. The zero-order valence-corrected chi connectivity index (χ0v) is 19.7. The van der Waals surface area contributed by atoms with Crippen molar-refractivity contribution in [2.45, 2.75) is 38.8 Å². The second kappa shape index (κ2) is 9.83. The van der Waals surface area contributed by atoms with Crippen LogP contribution in [0.25, 0.3) is 11.1 Å². The third kappa shape index (κ3) is 4.88. The average molecular weight is 468 g/mol. The summed E-state index contributed by atoms with van der Waals surface area (Å²) in [6, 6.07) is 28.3. The standard InChI is InChI=1S/C31H27F2NO/c1-21-8-7-13-27(23-9-3-2-4-10-23)28(21)19-31(35)34(20-22-14-15-29(32)30(33)16-22)26-17-24-11-5-6-12-25(24)18-26/h2-16,26H,17-20H2,1H3. The summed E-state index contributed by atoms with van der Waals surface area (Å²) in [6.07, 6.45) is 1.75. The molecule has 2 nitrogen and oxygen atoms in total. The van der Waals surface area contributed by atoms with E-state index in [1.54, 1.807) is 6.07 Å². The lowest BCUT2D eigenvalue weighted by Crippen LogP contribution is -2.41. The van der Waals surface area contributed by atoms with Crippen LogP contribution in [0.4, 0.5) is 8.78 Å². The number of carbonyl (C=O) groups excluding carboxylic acids is 1. The predicted molar refractivity (Wildman–Crippen MR) is 135 cm³/mol. The van der Waals surface area contributed by atoms with Gasteiger partial charge in [0.1, 0.15) is 0 Å². The molecule has 1 amide bonds. The van der Waals surface area contributed by atoms with Crippen molar-refractivity contribution in [3.63, 3.8) is 0 Å². The summed E-state index contributed by atoms with van der Waals surface area (Å²) in [5.41, 5.74) is 7.22. The van der Waals surface area contributed by atoms with E-state index in [0.29, 0.717) is 5.56 Å². The summed E-state index contributed by atoms with van der Waals surface area (Å²) >= 11 is 0. The fraction of sp³-hybridized carbons (Fsp3) is 0.194. The molecule has 0 spiro atoms. The van der Waals surface area contributed by atoms with E-state index in [2.05, 4.69) is 30.3 Å². The maximum Gasteiger partial charge on any atom is 0.227 e. The van der Waals surface area contributed by atoms with Gasteiger partial charge in [0.2, 0.25) is 5.91 Å². The summed E-state index contributed by atoms with van der Waals surface area (Å²) in [5, 5.41) is 0. The number of benzene rings is 4. The van der Waals surface area contributed by atoms with Gasteiger partial charge in [-0.05, 0) is 70.8 Å². The Hall–Kier alpha value is -3.79. The maximum absolute atomic E-state index is 14.0. The highest BCUT2D eigenvalue weighted by atomic mass is 19.2. The summed E-state index contributed by atoms with van der Waals surface area (Å²) < 4.78 is 27.5. The SMILES string of the molecule is Cc1cccc(-c2ccccc2)c1CC(=O)N(Cc1ccc(F)c(F)c1)C1Cc2ccccc2C1. The number of carbonyl (C=O) groups is 1. The van der Waals surface area contributed by atoms with Crippen LogP contribution in [-0.4, -0.2) is 16.8 Å². The Labute approximate surface area is 204 Å². The first kappa shape index (κ1) is 23.0. The Bertz CT molecular complexity index is 1340. The van der Waals surface area contributed by atoms with Gasteiger partial charge in [0.15, 0.2) is 11.6 Å². The molecule has 0 radical (unpaired) electrons. The molecule has 0 aliphatic heterocycles. The highest BCUT2D eigenvalue weighted by Gasteiger charge is 2.30. The van der Waals surface area contributed by atoms with Crippen LogP contribution in [-0.2, 0) is 30.6 Å². The van der Waals surface area contributed by atoms with E-state index >= 15 is 0 Å². The molecule has 0 fully saturated rings. The highest BCUT2D eigenvalue weighted by Crippen LogP contribution is 2.30. The van der Waals surface area contributed by atoms with Gasteiger partial charge in [-0.3, -0.25) is 4.79 Å². The van der Waals surface area contributed by atoms with Crippen LogP contribution in [0.3, 0.4) is 0 Å². The molecule has 176 valence electrons. The number of fused-ring (bicyclic) bond motifs is 1. The van der Waals surface area contributed by atoms with Crippen LogP contribution in [0.5, 0.6) is 0 Å². The highest BCUT2D eigenvalue weighted by molar-refractivity contribution is 5.83. The Balaban J connectivity index is 1.48. The van der Waals surface area contributed by atoms with E-state index in [1.807, 2.05) is 54.3 Å². The lowest BCUT2D eigenvalue weighted by molar-refractivity contribution is -0.133. The topological polar surface area (TPSA) is 20.3 Å². The maximum atomic E-state index is 14.0. The van der Waals surface area contributed by atoms with Crippen molar-refractivity contribution in [1.82, 2.24) is 4.90 Å². The quantitative estimate of drug-likeness (QED) is 0.310. The zero-order chi connectivity index (χ0) is 24.4. The minimum atomic E-state index is -0.894. The van der Waals surface area contributed by atoms with Crippen molar-refractivity contribution in [2.24, 2.45) is 0 Å². The molecule has 1 aliphatic carbocycles. The molecule has 0 unspecified atom stereocenters. The molecule has 5 rings (SSSR count). The summed E-state index contributed by atoms with van der Waals surface area (Å²) in [7, 11) is 0.